The smallest absolute Gasteiger partial charge is 0.411 e. The molecular formula is C103H157F2N14O26+. The first kappa shape index (κ1) is 117. The van der Waals surface area contributed by atoms with E-state index >= 15 is 8.78 Å². The van der Waals surface area contributed by atoms with Gasteiger partial charge in [-0.2, -0.15) is 0 Å². The Labute approximate surface area is 849 Å². The molecular weight excluding hydrogens is 1890 g/mol. The molecule has 15 atom stereocenters. The number of nitrogens with two attached hydrogens (primary N) is 1. The lowest BCUT2D eigenvalue weighted by molar-refractivity contribution is -0.869. The van der Waals surface area contributed by atoms with Crippen molar-refractivity contribution in [2.45, 2.75) is 249 Å². The molecule has 42 heteroatoms. The van der Waals surface area contributed by atoms with Crippen LogP contribution < -0.4 is 69.3 Å². The second-order valence-electron chi connectivity index (χ2n) is 39.6. The number of amides is 10. The van der Waals surface area contributed by atoms with Crippen LogP contribution in [0.3, 0.4) is 0 Å². The van der Waals surface area contributed by atoms with Gasteiger partial charge in [-0.15, -0.1) is 11.5 Å². The molecule has 2 aromatic carbocycles. The minimum absolute atomic E-state index is 0.00591. The molecule has 0 spiro atoms. The van der Waals surface area contributed by atoms with Crippen molar-refractivity contribution >= 4 is 76.4 Å². The number of hydrazine groups is 2. The van der Waals surface area contributed by atoms with E-state index in [2.05, 4.69) is 91.8 Å². The number of carbonyl (C=O) groups excluding carboxylic acids is 11. The largest absolute Gasteiger partial charge is 0.486 e. The molecule has 808 valence electrons. The van der Waals surface area contributed by atoms with Gasteiger partial charge in [0, 0.05) is 67.0 Å². The Balaban J connectivity index is 0.664. The van der Waals surface area contributed by atoms with Gasteiger partial charge in [-0.25, -0.2) is 18.4 Å². The standard InChI is InChI=1S/C103H156F2N14O26/c1-9-21-92-144-87-64-77-78-63-80(104)79-62-74(120)36-39-100(79,4)102(78,105)85(121)65-101(77,5)103(87,145-92)86(122)67-140-76-34-32-73(33-35-76)112-99(131)143-66-71-28-30-72(31-29-71)111-95(127)82(25-20-41-110-98(106)130)114-97(129)93(70(2)3)115-96(128)81(113-89(124)38-47-133-51-55-137-58-60-138-56-52-134-48-43-109-90(125)68-141-75-22-14-11-10-12-15-23-75)24-18-19-40-107-91(126)69-142-84-27-17-13-16-26-83-94(84)116-117-118(83)44-49-135-53-57-139-61-59-136-54-50-132-46-37-88(123)108-42-45-119(6,7)8/h28-36,39,62,70,75,77-78,80-82,84-85,87,92-93,116-117,121H,9-14,16-22,24-27,37-38,40-61,63-69H2,1-8H3,(H10-,106,107,108,109,110,111,112,113,114,115,123,124,125,126,127,128,129,130,131)/p+1/t75?,77-,78-,80-,81+,82-,84?,85-,87+,92?,93-,100-,101-,102-,103+/m0/s1. The summed E-state index contributed by atoms with van der Waals surface area (Å²) in [5, 5.41) is 39.0. The van der Waals surface area contributed by atoms with E-state index < -0.39 is 143 Å². The van der Waals surface area contributed by atoms with Crippen LogP contribution in [-0.2, 0) is 111 Å². The number of hydrogen-bond acceptors (Lipinski definition) is 29. The van der Waals surface area contributed by atoms with Crippen molar-refractivity contribution in [1.29, 1.82) is 0 Å². The third-order valence-corrected chi connectivity index (χ3v) is 27.5. The molecule has 3 saturated carbocycles. The van der Waals surface area contributed by atoms with Crippen LogP contribution in [0.2, 0.25) is 0 Å². The molecule has 0 bridgehead atoms. The van der Waals surface area contributed by atoms with Crippen LogP contribution in [0.1, 0.15) is 181 Å². The van der Waals surface area contributed by atoms with Crippen molar-refractivity contribution in [2.24, 2.45) is 34.3 Å². The van der Waals surface area contributed by atoms with Gasteiger partial charge in [0.2, 0.25) is 47.1 Å². The first-order valence-corrected chi connectivity index (χ1v) is 51.5. The number of nitrogens with zero attached hydrogens (tertiary/aromatic N) is 2. The van der Waals surface area contributed by atoms with Crippen LogP contribution in [0.4, 0.5) is 29.7 Å². The zero-order chi connectivity index (χ0) is 104. The number of carbonyl (C=O) groups is 11. The summed E-state index contributed by atoms with van der Waals surface area (Å²) in [6.07, 6.45) is 8.36. The van der Waals surface area contributed by atoms with E-state index in [1.807, 2.05) is 11.9 Å². The number of alkyl halides is 2. The third kappa shape index (κ3) is 35.9. The van der Waals surface area contributed by atoms with Gasteiger partial charge in [0.1, 0.15) is 68.7 Å². The highest BCUT2D eigenvalue weighted by Crippen LogP contribution is 2.72. The first-order valence-electron chi connectivity index (χ1n) is 51.5. The minimum Gasteiger partial charge on any atom is -0.486 e. The van der Waals surface area contributed by atoms with Crippen LogP contribution in [-0.4, -0.2) is 332 Å². The van der Waals surface area contributed by atoms with Gasteiger partial charge < -0.3 is 130 Å². The molecule has 10 rings (SSSR count). The number of unbranched alkanes of at least 4 members (excludes halogenated alkanes) is 1. The Bertz CT molecular complexity index is 4660. The monoisotopic (exact) mass is 2040 g/mol. The summed E-state index contributed by atoms with van der Waals surface area (Å²) in [4.78, 5) is 147. The third-order valence-electron chi connectivity index (χ3n) is 27.5. The van der Waals surface area contributed by atoms with Crippen molar-refractivity contribution in [3.8, 4) is 17.6 Å². The molecule has 4 fully saturated rings. The molecule has 0 radical (unpaired) electrons. The summed E-state index contributed by atoms with van der Waals surface area (Å²) in [6.45, 7) is 15.0. The molecule has 0 aromatic heterocycles. The van der Waals surface area contributed by atoms with Crippen LogP contribution >= 0.6 is 0 Å². The molecule has 10 amide bonds. The summed E-state index contributed by atoms with van der Waals surface area (Å²) in [5.74, 6) is -0.0328. The molecule has 6 aliphatic carbocycles. The van der Waals surface area contributed by atoms with Crippen LogP contribution in [0, 0.1) is 40.4 Å². The Morgan fingerprint density at radius 3 is 1.90 bits per heavy atom. The Morgan fingerprint density at radius 2 is 1.23 bits per heavy atom. The maximum Gasteiger partial charge on any atom is 0.411 e. The second-order valence-corrected chi connectivity index (χ2v) is 39.6. The number of Topliss-reactive ketones (excluding diaryl/α,β-unsaturated/α-hetero) is 1. The molecule has 2 aliphatic heterocycles. The van der Waals surface area contributed by atoms with E-state index in [1.165, 1.54) is 43.3 Å². The number of aliphatic hydroxyl groups excluding tert-OH is 1. The minimum atomic E-state index is -2.37. The maximum atomic E-state index is 18.1. The van der Waals surface area contributed by atoms with Gasteiger partial charge in [0.15, 0.2) is 23.3 Å². The summed E-state index contributed by atoms with van der Waals surface area (Å²) < 4.78 is 117. The highest BCUT2D eigenvalue weighted by molar-refractivity contribution is 6.02. The normalized spacial score (nSPS) is 24.2. The predicted molar refractivity (Wildman–Crippen MR) is 530 cm³/mol. The molecule has 40 nitrogen and oxygen atoms in total. The average molecular weight is 2050 g/mol. The number of anilines is 2. The zero-order valence-electron chi connectivity index (χ0n) is 85.6. The van der Waals surface area contributed by atoms with E-state index in [4.69, 9.17) is 72.0 Å². The number of urea groups is 1. The first-order chi connectivity index (χ1) is 69.7. The number of aliphatic hydroxyl groups is 1. The number of quaternary nitrogens is 1. The fourth-order valence-corrected chi connectivity index (χ4v) is 19.8. The number of fused-ring (bicyclic) bond motifs is 7. The number of ether oxygens (including phenoxy) is 14. The molecule has 14 N–H and O–H groups in total. The van der Waals surface area contributed by atoms with Crippen molar-refractivity contribution in [1.82, 2.24) is 53.2 Å². The van der Waals surface area contributed by atoms with E-state index in [-0.39, 0.29) is 146 Å². The van der Waals surface area contributed by atoms with Crippen LogP contribution in [0.15, 0.2) is 83.7 Å². The summed E-state index contributed by atoms with van der Waals surface area (Å²) in [6, 6.07) is 8.00. The predicted octanol–water partition coefficient (Wildman–Crippen LogP) is 6.47. The molecule has 2 heterocycles. The number of primary amides is 1. The summed E-state index contributed by atoms with van der Waals surface area (Å²) in [7, 11) is 6.22. The fraction of sp³-hybridized carbons (Fsp3) is 0.699. The molecule has 3 unspecified atom stereocenters. The highest BCUT2D eigenvalue weighted by atomic mass is 19.1. The lowest BCUT2D eigenvalue weighted by Crippen LogP contribution is -2.71. The number of hydrogen-bond donors (Lipinski definition) is 13. The average Bonchev–Trinajstić information content (AvgIpc) is 1.53. The topological polar surface area (TPSA) is 499 Å². The molecule has 145 heavy (non-hydrogen) atoms. The van der Waals surface area contributed by atoms with Gasteiger partial charge in [0.25, 0.3) is 0 Å². The number of halogens is 2. The summed E-state index contributed by atoms with van der Waals surface area (Å²) in [5.41, 5.74) is 8.00. The fourth-order valence-electron chi connectivity index (χ4n) is 19.8. The Kier molecular flexibility index (Phi) is 48.3. The van der Waals surface area contributed by atoms with Crippen molar-refractivity contribution in [3.63, 3.8) is 0 Å². The van der Waals surface area contributed by atoms with Crippen molar-refractivity contribution in [2.75, 3.05) is 197 Å². The van der Waals surface area contributed by atoms with E-state index in [1.54, 1.807) is 45.0 Å². The second kappa shape index (κ2) is 59.9. The number of allylic oxidation sites excluding steroid dienone is 5. The number of nitrogens with one attached hydrogen (secondary N) is 11. The summed E-state index contributed by atoms with van der Waals surface area (Å²) >= 11 is 0. The van der Waals surface area contributed by atoms with Crippen LogP contribution in [0.5, 0.6) is 5.75 Å². The lowest BCUT2D eigenvalue weighted by atomic mass is 9.44. The number of benzene rings is 2. The number of likely N-dealkylation sites (N-methyl/N-ethyl adjacent to an activating group) is 1. The van der Waals surface area contributed by atoms with Crippen molar-refractivity contribution in [3.05, 3.63) is 89.3 Å². The molecule has 8 aliphatic rings. The SMILES string of the molecule is CCCC1O[C@@H]2C[C@H]3[C@@H]4C[C@H](F)C5=CC(=O)C=C[C@]5(C)[C@@]4(F)[C@@H](O)C[C@]3(C)[C@]2(C(=O)COc2ccc(NC(=O)OCc3ccc(NC(=O)[C@H](CCCNC(N)=O)NC(=O)[C@@H](NC(=O)[C@@H](CCCCNC(=O)COC4CCCCCC5=C4NNN5CCOCCOCCOCCOCCC(=O)NCC[N+](C)(C)C)NC(=O)CCOCCOCCOCCOCCNC(=O)COC4C#CCCCCC4)C(C)C)cc3)cc2)O1. The van der Waals surface area contributed by atoms with E-state index in [0.717, 1.165) is 86.3 Å². The Hall–Kier alpha value is -9.95. The van der Waals surface area contributed by atoms with E-state index in [9.17, 15) is 57.8 Å². The zero-order valence-corrected chi connectivity index (χ0v) is 85.6. The van der Waals surface area contributed by atoms with Gasteiger partial charge in [-0.1, -0.05) is 77.5 Å². The molecule has 2 aromatic rings. The van der Waals surface area contributed by atoms with Gasteiger partial charge in [0.05, 0.1) is 170 Å². The van der Waals surface area contributed by atoms with Gasteiger partial charge in [-0.3, -0.25) is 53.5 Å². The van der Waals surface area contributed by atoms with Crippen molar-refractivity contribution < 1.29 is 137 Å². The molecule has 1 saturated heterocycles. The van der Waals surface area contributed by atoms with Crippen LogP contribution in [0.25, 0.3) is 0 Å². The van der Waals surface area contributed by atoms with Gasteiger partial charge >= 0.3 is 12.1 Å². The quantitative estimate of drug-likeness (QED) is 0.0192. The highest BCUT2D eigenvalue weighted by Gasteiger charge is 2.80. The lowest BCUT2D eigenvalue weighted by Gasteiger charge is -2.63. The number of rotatable bonds is 65. The number of ketones is 2. The Morgan fingerprint density at radius 1 is 0.634 bits per heavy atom. The van der Waals surface area contributed by atoms with E-state index in [0.29, 0.717) is 148 Å². The van der Waals surface area contributed by atoms with Gasteiger partial charge in [-0.05, 0) is 175 Å². The maximum absolute atomic E-state index is 18.1.